The molecule has 1 N–H and O–H groups in total. The number of ether oxygens (including phenoxy) is 2. The largest absolute Gasteiger partial charge is 0.379 e. The summed E-state index contributed by atoms with van der Waals surface area (Å²) in [6.07, 6.45) is 0. The molecule has 0 saturated heterocycles. The van der Waals surface area contributed by atoms with E-state index in [1.165, 1.54) is 0 Å². The molecule has 0 aromatic carbocycles. The lowest BCUT2D eigenvalue weighted by atomic mass is 10.6. The topological polar surface area (TPSA) is 30.5 Å². The fourth-order valence-corrected chi connectivity index (χ4v) is 0.685. The highest BCUT2D eigenvalue weighted by molar-refractivity contribution is 4.39. The molecule has 0 aliphatic rings. The Morgan fingerprint density at radius 2 is 1.82 bits per heavy atom. The molecule has 0 fully saturated rings. The van der Waals surface area contributed by atoms with Gasteiger partial charge < -0.3 is 14.8 Å². The lowest BCUT2D eigenvalue weighted by molar-refractivity contribution is 0.0541. The maximum absolute atomic E-state index is 5.25. The summed E-state index contributed by atoms with van der Waals surface area (Å²) in [5, 5.41) is 3.17. The molecular formula is C8H21NO2. The predicted octanol–water partition coefficient (Wildman–Crippen LogP) is 0.895. The molecule has 0 radical (unpaired) electrons. The first-order valence-corrected chi connectivity index (χ1v) is 4.28. The predicted molar refractivity (Wildman–Crippen MR) is 48.0 cm³/mol. The molecule has 3 nitrogen and oxygen atoms in total. The zero-order valence-corrected chi connectivity index (χ0v) is 7.56. The number of hydrogen-bond donors (Lipinski definition) is 1. The van der Waals surface area contributed by atoms with Crippen LogP contribution >= 0.6 is 0 Å². The molecule has 0 heterocycles. The highest BCUT2D eigenvalue weighted by atomic mass is 16.5. The smallest absolute Gasteiger partial charge is 0.0701 e. The Morgan fingerprint density at radius 3 is 2.45 bits per heavy atom. The summed E-state index contributed by atoms with van der Waals surface area (Å²) in [6.45, 7) is 8.98. The normalized spacial score (nSPS) is 10.4. The monoisotopic (exact) mass is 163 g/mol. The highest BCUT2D eigenvalue weighted by Crippen LogP contribution is 1.76. The third-order valence-electron chi connectivity index (χ3n) is 1.25. The lowest BCUT2D eigenvalue weighted by Gasteiger charge is -2.03. The minimum atomic E-state index is 0. The van der Waals surface area contributed by atoms with Gasteiger partial charge in [0.1, 0.15) is 0 Å². The minimum absolute atomic E-state index is 0. The van der Waals surface area contributed by atoms with Crippen molar-refractivity contribution in [3.8, 4) is 0 Å². The van der Waals surface area contributed by atoms with Crippen molar-refractivity contribution >= 4 is 0 Å². The summed E-state index contributed by atoms with van der Waals surface area (Å²) in [4.78, 5) is 0. The van der Waals surface area contributed by atoms with E-state index in [0.717, 1.165) is 26.3 Å². The van der Waals surface area contributed by atoms with Crippen molar-refractivity contribution < 1.29 is 10.9 Å². The fourth-order valence-electron chi connectivity index (χ4n) is 0.685. The molecule has 0 saturated carbocycles. The van der Waals surface area contributed by atoms with Gasteiger partial charge in [0.05, 0.1) is 19.8 Å². The summed E-state index contributed by atoms with van der Waals surface area (Å²) >= 11 is 0. The van der Waals surface area contributed by atoms with Crippen LogP contribution in [0, 0.1) is 0 Å². The lowest BCUT2D eigenvalue weighted by Crippen LogP contribution is -2.19. The van der Waals surface area contributed by atoms with Gasteiger partial charge >= 0.3 is 0 Å². The van der Waals surface area contributed by atoms with E-state index in [2.05, 4.69) is 12.2 Å². The average molecular weight is 163 g/mol. The molecule has 70 valence electrons. The molecule has 0 rings (SSSR count). The van der Waals surface area contributed by atoms with Gasteiger partial charge in [-0.25, -0.2) is 0 Å². The van der Waals surface area contributed by atoms with Gasteiger partial charge in [0.25, 0.3) is 0 Å². The number of nitrogens with one attached hydrogen (secondary N) is 1. The number of rotatable bonds is 8. The maximum Gasteiger partial charge on any atom is 0.0701 e. The van der Waals surface area contributed by atoms with Gasteiger partial charge in [-0.3, -0.25) is 0 Å². The first kappa shape index (κ1) is 10.9. The van der Waals surface area contributed by atoms with Crippen molar-refractivity contribution in [2.24, 2.45) is 0 Å². The van der Waals surface area contributed by atoms with Crippen LogP contribution in [-0.2, 0) is 9.47 Å². The second kappa shape index (κ2) is 9.88. The van der Waals surface area contributed by atoms with Crippen molar-refractivity contribution in [1.29, 1.82) is 0 Å². The molecule has 0 aromatic rings. The standard InChI is InChI=1S/C8H19NO2.H2/c1-3-9-5-6-11-8-7-10-4-2;/h9H,3-8H2,1-2H3;1H. The van der Waals surface area contributed by atoms with E-state index in [9.17, 15) is 0 Å². The molecule has 0 atom stereocenters. The Morgan fingerprint density at radius 1 is 1.09 bits per heavy atom. The fraction of sp³-hybridized carbons (Fsp3) is 1.00. The van der Waals surface area contributed by atoms with E-state index >= 15 is 0 Å². The van der Waals surface area contributed by atoms with E-state index in [-0.39, 0.29) is 1.43 Å². The van der Waals surface area contributed by atoms with Crippen LogP contribution < -0.4 is 5.32 Å². The Hall–Kier alpha value is -0.120. The second-order valence-corrected chi connectivity index (χ2v) is 2.16. The van der Waals surface area contributed by atoms with E-state index in [0.29, 0.717) is 13.2 Å². The van der Waals surface area contributed by atoms with Crippen molar-refractivity contribution in [3.63, 3.8) is 0 Å². The summed E-state index contributed by atoms with van der Waals surface area (Å²) < 4.78 is 10.3. The van der Waals surface area contributed by atoms with Crippen molar-refractivity contribution in [2.75, 3.05) is 39.5 Å². The van der Waals surface area contributed by atoms with Gasteiger partial charge in [-0.2, -0.15) is 0 Å². The van der Waals surface area contributed by atoms with Crippen molar-refractivity contribution in [1.82, 2.24) is 5.32 Å². The first-order chi connectivity index (χ1) is 5.41. The van der Waals surface area contributed by atoms with Gasteiger partial charge in [-0.05, 0) is 13.5 Å². The van der Waals surface area contributed by atoms with Crippen LogP contribution in [0.1, 0.15) is 15.3 Å². The summed E-state index contributed by atoms with van der Waals surface area (Å²) in [6, 6.07) is 0. The van der Waals surface area contributed by atoms with Gasteiger partial charge in [0, 0.05) is 14.6 Å². The molecule has 0 spiro atoms. The van der Waals surface area contributed by atoms with Gasteiger partial charge in [-0.1, -0.05) is 6.92 Å². The zero-order chi connectivity index (χ0) is 8.36. The van der Waals surface area contributed by atoms with Gasteiger partial charge in [-0.15, -0.1) is 0 Å². The van der Waals surface area contributed by atoms with Crippen LogP contribution in [0.25, 0.3) is 0 Å². The highest BCUT2D eigenvalue weighted by Gasteiger charge is 1.86. The van der Waals surface area contributed by atoms with Crippen LogP contribution in [0.3, 0.4) is 0 Å². The van der Waals surface area contributed by atoms with Crippen LogP contribution in [0.4, 0.5) is 0 Å². The third-order valence-corrected chi connectivity index (χ3v) is 1.25. The Balaban J connectivity index is 0. The van der Waals surface area contributed by atoms with Crippen molar-refractivity contribution in [3.05, 3.63) is 0 Å². The molecule has 0 amide bonds. The molecule has 3 heteroatoms. The molecule has 0 unspecified atom stereocenters. The maximum atomic E-state index is 5.25. The average Bonchev–Trinajstić information content (AvgIpc) is 2.03. The SMILES string of the molecule is CCNCCOCCOCC.[HH]. The summed E-state index contributed by atoms with van der Waals surface area (Å²) in [5.74, 6) is 0. The molecule has 0 bridgehead atoms. The Bertz CT molecular complexity index is 66.1. The van der Waals surface area contributed by atoms with Crippen LogP contribution in [0.5, 0.6) is 0 Å². The molecule has 0 aliphatic heterocycles. The van der Waals surface area contributed by atoms with Crippen LogP contribution in [0.15, 0.2) is 0 Å². The minimum Gasteiger partial charge on any atom is -0.379 e. The molecular weight excluding hydrogens is 142 g/mol. The molecule has 0 aromatic heterocycles. The Labute approximate surface area is 70.6 Å². The first-order valence-electron chi connectivity index (χ1n) is 4.28. The zero-order valence-electron chi connectivity index (χ0n) is 7.56. The van der Waals surface area contributed by atoms with Gasteiger partial charge in [0.15, 0.2) is 0 Å². The quantitative estimate of drug-likeness (QED) is 0.539. The van der Waals surface area contributed by atoms with Crippen LogP contribution in [-0.4, -0.2) is 39.5 Å². The van der Waals surface area contributed by atoms with Crippen molar-refractivity contribution in [2.45, 2.75) is 13.8 Å². The van der Waals surface area contributed by atoms with E-state index < -0.39 is 0 Å². The van der Waals surface area contributed by atoms with Crippen LogP contribution in [0.2, 0.25) is 0 Å². The number of hydrogen-bond acceptors (Lipinski definition) is 3. The van der Waals surface area contributed by atoms with Gasteiger partial charge in [0.2, 0.25) is 0 Å². The van der Waals surface area contributed by atoms with E-state index in [1.807, 2.05) is 6.92 Å². The number of likely N-dealkylation sites (N-methyl/N-ethyl adjacent to an activating group) is 1. The molecule has 0 aliphatic carbocycles. The van der Waals surface area contributed by atoms with E-state index in [1.54, 1.807) is 0 Å². The molecule has 11 heavy (non-hydrogen) atoms. The Kier molecular flexibility index (Phi) is 9.77. The summed E-state index contributed by atoms with van der Waals surface area (Å²) in [7, 11) is 0. The third kappa shape index (κ3) is 9.88. The summed E-state index contributed by atoms with van der Waals surface area (Å²) in [5.41, 5.74) is 0. The second-order valence-electron chi connectivity index (χ2n) is 2.16. The van der Waals surface area contributed by atoms with E-state index in [4.69, 9.17) is 9.47 Å².